The van der Waals surface area contributed by atoms with Crippen molar-refractivity contribution in [3.05, 3.63) is 0 Å². The zero-order chi connectivity index (χ0) is 15.1. The number of carbonyl (C=O) groups is 1. The second-order valence-electron chi connectivity index (χ2n) is 6.70. The highest BCUT2D eigenvalue weighted by molar-refractivity contribution is 7.91. The molecule has 2 aliphatic rings. The van der Waals surface area contributed by atoms with Crippen molar-refractivity contribution in [1.29, 1.82) is 0 Å². The van der Waals surface area contributed by atoms with Crippen molar-refractivity contribution < 1.29 is 18.3 Å². The van der Waals surface area contributed by atoms with Gasteiger partial charge in [0.05, 0.1) is 10.7 Å². The maximum absolute atomic E-state index is 11.9. The molecule has 2 fully saturated rings. The Balaban J connectivity index is 2.19. The minimum atomic E-state index is -3.06. The summed E-state index contributed by atoms with van der Waals surface area (Å²) in [5.74, 6) is -0.688. The number of nitrogens with zero attached hydrogens (tertiary/aromatic N) is 1. The zero-order valence-electron chi connectivity index (χ0n) is 12.5. The molecule has 0 aromatic rings. The molecule has 1 saturated heterocycles. The Morgan fingerprint density at radius 3 is 2.45 bits per heavy atom. The van der Waals surface area contributed by atoms with Gasteiger partial charge in [0.15, 0.2) is 9.84 Å². The van der Waals surface area contributed by atoms with E-state index < -0.39 is 21.2 Å². The SMILES string of the molecule is CC(C)C1(C(=O)O)CCN(C2CCCC2S(C)(=O)=O)C1. The van der Waals surface area contributed by atoms with Crippen LogP contribution in [-0.2, 0) is 14.6 Å². The molecular weight excluding hydrogens is 278 g/mol. The van der Waals surface area contributed by atoms with E-state index in [4.69, 9.17) is 0 Å². The lowest BCUT2D eigenvalue weighted by Crippen LogP contribution is -2.45. The number of sulfone groups is 1. The highest BCUT2D eigenvalue weighted by Gasteiger charge is 2.51. The molecule has 5 nitrogen and oxygen atoms in total. The van der Waals surface area contributed by atoms with Crippen molar-refractivity contribution in [3.63, 3.8) is 0 Å². The molecule has 1 N–H and O–H groups in total. The van der Waals surface area contributed by atoms with Crippen LogP contribution in [0.2, 0.25) is 0 Å². The predicted octanol–water partition coefficient (Wildman–Crippen LogP) is 1.38. The van der Waals surface area contributed by atoms with Gasteiger partial charge in [0, 0.05) is 18.8 Å². The van der Waals surface area contributed by atoms with Crippen molar-refractivity contribution in [3.8, 4) is 0 Å². The second-order valence-corrected chi connectivity index (χ2v) is 8.97. The molecule has 0 aromatic carbocycles. The molecule has 1 heterocycles. The molecule has 1 aliphatic carbocycles. The third kappa shape index (κ3) is 2.60. The van der Waals surface area contributed by atoms with Crippen molar-refractivity contribution in [2.24, 2.45) is 11.3 Å². The third-order valence-corrected chi connectivity index (χ3v) is 6.95. The first-order valence-electron chi connectivity index (χ1n) is 7.35. The van der Waals surface area contributed by atoms with Crippen molar-refractivity contribution >= 4 is 15.8 Å². The van der Waals surface area contributed by atoms with Crippen molar-refractivity contribution in [2.75, 3.05) is 19.3 Å². The van der Waals surface area contributed by atoms with Crippen molar-refractivity contribution in [2.45, 2.75) is 50.8 Å². The summed E-state index contributed by atoms with van der Waals surface area (Å²) in [6.07, 6.45) is 4.42. The van der Waals surface area contributed by atoms with Crippen molar-refractivity contribution in [1.82, 2.24) is 4.90 Å². The van der Waals surface area contributed by atoms with Crippen LogP contribution in [0.15, 0.2) is 0 Å². The molecule has 0 bridgehead atoms. The van der Waals surface area contributed by atoms with Gasteiger partial charge in [-0.1, -0.05) is 20.3 Å². The van der Waals surface area contributed by atoms with Gasteiger partial charge in [-0.2, -0.15) is 0 Å². The van der Waals surface area contributed by atoms with E-state index in [0.29, 0.717) is 25.9 Å². The largest absolute Gasteiger partial charge is 0.481 e. The number of hydrogen-bond donors (Lipinski definition) is 1. The van der Waals surface area contributed by atoms with E-state index in [1.165, 1.54) is 6.26 Å². The number of hydrogen-bond acceptors (Lipinski definition) is 4. The average Bonchev–Trinajstić information content (AvgIpc) is 2.95. The lowest BCUT2D eigenvalue weighted by atomic mass is 9.76. The van der Waals surface area contributed by atoms with E-state index >= 15 is 0 Å². The highest BCUT2D eigenvalue weighted by Crippen LogP contribution is 2.42. The number of likely N-dealkylation sites (tertiary alicyclic amines) is 1. The van der Waals surface area contributed by atoms with Gasteiger partial charge in [0.1, 0.15) is 0 Å². The number of carboxylic acid groups (broad SMARTS) is 1. The molecule has 2 rings (SSSR count). The summed E-state index contributed by atoms with van der Waals surface area (Å²) >= 11 is 0. The van der Waals surface area contributed by atoms with Crippen LogP contribution >= 0.6 is 0 Å². The van der Waals surface area contributed by atoms with Gasteiger partial charge in [0.25, 0.3) is 0 Å². The summed E-state index contributed by atoms with van der Waals surface area (Å²) in [6, 6.07) is 0.00461. The maximum atomic E-state index is 11.9. The van der Waals surface area contributed by atoms with E-state index in [0.717, 1.165) is 12.8 Å². The van der Waals surface area contributed by atoms with Gasteiger partial charge in [-0.3, -0.25) is 9.69 Å². The van der Waals surface area contributed by atoms with Crippen LogP contribution in [0.25, 0.3) is 0 Å². The van der Waals surface area contributed by atoms with Crippen LogP contribution in [0.3, 0.4) is 0 Å². The molecule has 116 valence electrons. The van der Waals surface area contributed by atoms with Gasteiger partial charge in [0.2, 0.25) is 0 Å². The summed E-state index contributed by atoms with van der Waals surface area (Å²) in [4.78, 5) is 13.8. The van der Waals surface area contributed by atoms with E-state index in [-0.39, 0.29) is 17.2 Å². The van der Waals surface area contributed by atoms with Gasteiger partial charge in [-0.05, 0) is 31.7 Å². The molecule has 1 saturated carbocycles. The molecule has 0 radical (unpaired) electrons. The number of aliphatic carboxylic acids is 1. The van der Waals surface area contributed by atoms with E-state index in [9.17, 15) is 18.3 Å². The van der Waals surface area contributed by atoms with E-state index in [1.54, 1.807) is 0 Å². The summed E-state index contributed by atoms with van der Waals surface area (Å²) in [6.45, 7) is 5.07. The topological polar surface area (TPSA) is 74.7 Å². The minimum Gasteiger partial charge on any atom is -0.481 e. The normalized spacial score (nSPS) is 35.8. The Bertz CT molecular complexity index is 487. The smallest absolute Gasteiger partial charge is 0.311 e. The van der Waals surface area contributed by atoms with Gasteiger partial charge in [-0.15, -0.1) is 0 Å². The van der Waals surface area contributed by atoms with Crippen LogP contribution in [0.4, 0.5) is 0 Å². The van der Waals surface area contributed by atoms with Crippen LogP contribution in [0.5, 0.6) is 0 Å². The predicted molar refractivity (Wildman–Crippen MR) is 77.4 cm³/mol. The van der Waals surface area contributed by atoms with Crippen LogP contribution < -0.4 is 0 Å². The summed E-state index contributed by atoms with van der Waals surface area (Å²) in [5, 5.41) is 9.26. The van der Waals surface area contributed by atoms with E-state index in [1.807, 2.05) is 13.8 Å². The second kappa shape index (κ2) is 5.30. The maximum Gasteiger partial charge on any atom is 0.311 e. The summed E-state index contributed by atoms with van der Waals surface area (Å²) in [5.41, 5.74) is -0.718. The molecule has 0 spiro atoms. The number of carboxylic acids is 1. The van der Waals surface area contributed by atoms with Gasteiger partial charge >= 0.3 is 5.97 Å². The standard InChI is InChI=1S/C14H25NO4S/c1-10(2)14(13(16)17)7-8-15(9-14)11-5-4-6-12(11)20(3,18)19/h10-12H,4-9H2,1-3H3,(H,16,17). The van der Waals surface area contributed by atoms with Crippen LogP contribution in [-0.4, -0.2) is 55.0 Å². The van der Waals surface area contributed by atoms with Gasteiger partial charge < -0.3 is 5.11 Å². The lowest BCUT2D eigenvalue weighted by molar-refractivity contribution is -0.151. The Labute approximate surface area is 121 Å². The number of rotatable bonds is 4. The first-order valence-corrected chi connectivity index (χ1v) is 9.30. The Morgan fingerprint density at radius 1 is 1.35 bits per heavy atom. The first-order chi connectivity index (χ1) is 9.18. The van der Waals surface area contributed by atoms with Crippen LogP contribution in [0, 0.1) is 11.3 Å². The summed E-state index contributed by atoms with van der Waals surface area (Å²) < 4.78 is 23.8. The first kappa shape index (κ1) is 15.8. The minimum absolute atomic E-state index is 0.00461. The van der Waals surface area contributed by atoms with E-state index in [2.05, 4.69) is 4.90 Å². The molecular formula is C14H25NO4S. The monoisotopic (exact) mass is 303 g/mol. The quantitative estimate of drug-likeness (QED) is 0.849. The molecule has 1 aliphatic heterocycles. The fraction of sp³-hybridized carbons (Fsp3) is 0.929. The fourth-order valence-corrected chi connectivity index (χ4v) is 5.34. The molecule has 6 heteroatoms. The lowest BCUT2D eigenvalue weighted by Gasteiger charge is -2.32. The Hall–Kier alpha value is -0.620. The molecule has 20 heavy (non-hydrogen) atoms. The zero-order valence-corrected chi connectivity index (χ0v) is 13.3. The molecule has 3 unspecified atom stereocenters. The Morgan fingerprint density at radius 2 is 2.00 bits per heavy atom. The molecule has 0 aromatic heterocycles. The van der Waals surface area contributed by atoms with Crippen LogP contribution in [0.1, 0.15) is 39.5 Å². The Kier molecular flexibility index (Phi) is 4.17. The molecule has 0 amide bonds. The molecule has 3 atom stereocenters. The fourth-order valence-electron chi connectivity index (χ4n) is 3.86. The highest BCUT2D eigenvalue weighted by atomic mass is 32.2. The third-order valence-electron chi connectivity index (χ3n) is 5.30. The van der Waals surface area contributed by atoms with Gasteiger partial charge in [-0.25, -0.2) is 8.42 Å². The summed E-state index contributed by atoms with van der Waals surface area (Å²) in [7, 11) is -3.06. The average molecular weight is 303 g/mol.